The number of amides is 1. The van der Waals surface area contributed by atoms with Gasteiger partial charge in [0.2, 0.25) is 0 Å². The van der Waals surface area contributed by atoms with Crippen LogP contribution < -0.4 is 10.6 Å². The van der Waals surface area contributed by atoms with E-state index in [0.29, 0.717) is 18.1 Å². The average molecular weight is 312 g/mol. The standard InChI is InChI=1S/C17H20N4O2/c1-12-4-6-13(7-5-12)19-16-9-8-15(20-21-16)17(22)18-11-14-3-2-10-23-14/h4-9,14H,2-3,10-11H2,1H3,(H,18,22)(H,19,21). The van der Waals surface area contributed by atoms with Crippen molar-refractivity contribution in [3.05, 3.63) is 47.7 Å². The Morgan fingerprint density at radius 3 is 2.70 bits per heavy atom. The van der Waals surface area contributed by atoms with Gasteiger partial charge in [-0.1, -0.05) is 17.7 Å². The number of anilines is 2. The molecule has 6 nitrogen and oxygen atoms in total. The number of nitrogens with zero attached hydrogens (tertiary/aromatic N) is 2. The summed E-state index contributed by atoms with van der Waals surface area (Å²) in [4.78, 5) is 12.0. The monoisotopic (exact) mass is 312 g/mol. The Kier molecular flexibility index (Phi) is 4.83. The van der Waals surface area contributed by atoms with Gasteiger partial charge in [-0.05, 0) is 44.0 Å². The summed E-state index contributed by atoms with van der Waals surface area (Å²) in [5.74, 6) is 0.374. The number of hydrogen-bond acceptors (Lipinski definition) is 5. The molecule has 2 N–H and O–H groups in total. The van der Waals surface area contributed by atoms with Crippen molar-refractivity contribution in [3.63, 3.8) is 0 Å². The van der Waals surface area contributed by atoms with Crippen molar-refractivity contribution in [1.29, 1.82) is 0 Å². The Hall–Kier alpha value is -2.47. The van der Waals surface area contributed by atoms with E-state index in [1.807, 2.05) is 31.2 Å². The van der Waals surface area contributed by atoms with Crippen LogP contribution in [0.4, 0.5) is 11.5 Å². The third-order valence-corrected chi connectivity index (χ3v) is 3.74. The van der Waals surface area contributed by atoms with Crippen LogP contribution in [-0.2, 0) is 4.74 Å². The molecule has 2 heterocycles. The zero-order valence-electron chi connectivity index (χ0n) is 13.1. The van der Waals surface area contributed by atoms with E-state index in [2.05, 4.69) is 20.8 Å². The molecule has 2 aromatic rings. The summed E-state index contributed by atoms with van der Waals surface area (Å²) in [6.45, 7) is 3.33. The first-order valence-corrected chi connectivity index (χ1v) is 7.78. The lowest BCUT2D eigenvalue weighted by Crippen LogP contribution is -2.32. The molecule has 1 saturated heterocycles. The van der Waals surface area contributed by atoms with E-state index in [-0.39, 0.29) is 12.0 Å². The van der Waals surface area contributed by atoms with Crippen molar-refractivity contribution >= 4 is 17.4 Å². The molecule has 0 aliphatic carbocycles. The van der Waals surface area contributed by atoms with E-state index < -0.39 is 0 Å². The average Bonchev–Trinajstić information content (AvgIpc) is 3.09. The largest absolute Gasteiger partial charge is 0.376 e. The highest BCUT2D eigenvalue weighted by Crippen LogP contribution is 2.14. The molecule has 1 atom stereocenters. The van der Waals surface area contributed by atoms with Crippen molar-refractivity contribution < 1.29 is 9.53 Å². The van der Waals surface area contributed by atoms with Crippen LogP contribution in [0.5, 0.6) is 0 Å². The van der Waals surface area contributed by atoms with Gasteiger partial charge in [0.1, 0.15) is 0 Å². The number of ether oxygens (including phenoxy) is 1. The van der Waals surface area contributed by atoms with Crippen LogP contribution in [0.25, 0.3) is 0 Å². The maximum Gasteiger partial charge on any atom is 0.271 e. The molecule has 23 heavy (non-hydrogen) atoms. The smallest absolute Gasteiger partial charge is 0.271 e. The Morgan fingerprint density at radius 1 is 1.22 bits per heavy atom. The second-order valence-corrected chi connectivity index (χ2v) is 5.64. The normalized spacial score (nSPS) is 17.0. The van der Waals surface area contributed by atoms with Crippen molar-refractivity contribution in [3.8, 4) is 0 Å². The summed E-state index contributed by atoms with van der Waals surface area (Å²) < 4.78 is 5.47. The van der Waals surface area contributed by atoms with Gasteiger partial charge in [0.05, 0.1) is 6.10 Å². The van der Waals surface area contributed by atoms with Crippen LogP contribution in [0.15, 0.2) is 36.4 Å². The van der Waals surface area contributed by atoms with E-state index in [1.54, 1.807) is 12.1 Å². The molecule has 0 spiro atoms. The molecule has 1 aromatic carbocycles. The SMILES string of the molecule is Cc1ccc(Nc2ccc(C(=O)NCC3CCCO3)nn2)cc1. The summed E-state index contributed by atoms with van der Waals surface area (Å²) in [6, 6.07) is 11.4. The van der Waals surface area contributed by atoms with Gasteiger partial charge in [-0.15, -0.1) is 10.2 Å². The molecule has 6 heteroatoms. The fraction of sp³-hybridized carbons (Fsp3) is 0.353. The third kappa shape index (κ3) is 4.26. The first-order valence-electron chi connectivity index (χ1n) is 7.78. The van der Waals surface area contributed by atoms with Gasteiger partial charge in [-0.2, -0.15) is 0 Å². The summed E-state index contributed by atoms with van der Waals surface area (Å²) in [7, 11) is 0. The zero-order valence-corrected chi connectivity index (χ0v) is 13.1. The van der Waals surface area contributed by atoms with Crippen molar-refractivity contribution in [2.24, 2.45) is 0 Å². The first-order chi connectivity index (χ1) is 11.2. The second-order valence-electron chi connectivity index (χ2n) is 5.64. The number of aryl methyl sites for hydroxylation is 1. The van der Waals surface area contributed by atoms with E-state index in [0.717, 1.165) is 25.1 Å². The Balaban J connectivity index is 1.55. The lowest BCUT2D eigenvalue weighted by atomic mass is 10.2. The Morgan fingerprint density at radius 2 is 2.04 bits per heavy atom. The molecular weight excluding hydrogens is 292 g/mol. The molecule has 120 valence electrons. The quantitative estimate of drug-likeness (QED) is 0.887. The van der Waals surface area contributed by atoms with Gasteiger partial charge in [-0.25, -0.2) is 0 Å². The number of carbonyl (C=O) groups excluding carboxylic acids is 1. The fourth-order valence-electron chi connectivity index (χ4n) is 2.41. The fourth-order valence-corrected chi connectivity index (χ4v) is 2.41. The maximum absolute atomic E-state index is 12.0. The topological polar surface area (TPSA) is 76.1 Å². The van der Waals surface area contributed by atoms with Crippen LogP contribution in [0.3, 0.4) is 0 Å². The van der Waals surface area contributed by atoms with E-state index in [4.69, 9.17) is 4.74 Å². The maximum atomic E-state index is 12.0. The van der Waals surface area contributed by atoms with Gasteiger partial charge >= 0.3 is 0 Å². The minimum atomic E-state index is -0.227. The highest BCUT2D eigenvalue weighted by Gasteiger charge is 2.17. The third-order valence-electron chi connectivity index (χ3n) is 3.74. The lowest BCUT2D eigenvalue weighted by Gasteiger charge is -2.10. The zero-order chi connectivity index (χ0) is 16.1. The van der Waals surface area contributed by atoms with E-state index in [1.165, 1.54) is 5.56 Å². The van der Waals surface area contributed by atoms with Crippen molar-refractivity contribution in [1.82, 2.24) is 15.5 Å². The molecule has 1 aromatic heterocycles. The van der Waals surface area contributed by atoms with E-state index >= 15 is 0 Å². The van der Waals surface area contributed by atoms with Gasteiger partial charge in [0, 0.05) is 18.8 Å². The molecule has 1 unspecified atom stereocenters. The van der Waals surface area contributed by atoms with Gasteiger partial charge < -0.3 is 15.4 Å². The first kappa shape index (κ1) is 15.4. The molecule has 0 bridgehead atoms. The molecule has 0 radical (unpaired) electrons. The number of benzene rings is 1. The van der Waals surface area contributed by atoms with Gasteiger partial charge in [-0.3, -0.25) is 4.79 Å². The number of nitrogens with one attached hydrogen (secondary N) is 2. The molecule has 1 amide bonds. The number of rotatable bonds is 5. The summed E-state index contributed by atoms with van der Waals surface area (Å²) in [6.07, 6.45) is 2.17. The predicted molar refractivity (Wildman–Crippen MR) is 87.8 cm³/mol. The molecule has 1 aliphatic rings. The lowest BCUT2D eigenvalue weighted by molar-refractivity contribution is 0.0853. The minimum Gasteiger partial charge on any atom is -0.376 e. The van der Waals surface area contributed by atoms with E-state index in [9.17, 15) is 4.79 Å². The highest BCUT2D eigenvalue weighted by molar-refractivity contribution is 5.92. The predicted octanol–water partition coefficient (Wildman–Crippen LogP) is 2.44. The number of carbonyl (C=O) groups is 1. The summed E-state index contributed by atoms with van der Waals surface area (Å²) >= 11 is 0. The van der Waals surface area contributed by atoms with Crippen LogP contribution in [-0.4, -0.2) is 35.4 Å². The van der Waals surface area contributed by atoms with Gasteiger partial charge in [0.25, 0.3) is 5.91 Å². The van der Waals surface area contributed by atoms with Crippen LogP contribution >= 0.6 is 0 Å². The molecule has 0 saturated carbocycles. The molecule has 1 fully saturated rings. The molecule has 1 aliphatic heterocycles. The van der Waals surface area contributed by atoms with Crippen LogP contribution in [0, 0.1) is 6.92 Å². The van der Waals surface area contributed by atoms with Crippen LogP contribution in [0.1, 0.15) is 28.9 Å². The molecule has 3 rings (SSSR count). The summed E-state index contributed by atoms with van der Waals surface area (Å²) in [5.41, 5.74) is 2.43. The van der Waals surface area contributed by atoms with Crippen molar-refractivity contribution in [2.75, 3.05) is 18.5 Å². The number of aromatic nitrogens is 2. The van der Waals surface area contributed by atoms with Gasteiger partial charge in [0.15, 0.2) is 11.5 Å². The van der Waals surface area contributed by atoms with Crippen molar-refractivity contribution in [2.45, 2.75) is 25.9 Å². The second kappa shape index (κ2) is 7.19. The molecular formula is C17H20N4O2. The Labute approximate surface area is 135 Å². The number of hydrogen-bond donors (Lipinski definition) is 2. The van der Waals surface area contributed by atoms with Crippen LogP contribution in [0.2, 0.25) is 0 Å². The summed E-state index contributed by atoms with van der Waals surface area (Å²) in [5, 5.41) is 14.0. The highest BCUT2D eigenvalue weighted by atomic mass is 16.5. The Bertz CT molecular complexity index is 649. The minimum absolute atomic E-state index is 0.120.